The van der Waals surface area contributed by atoms with E-state index in [0.717, 1.165) is 0 Å². The van der Waals surface area contributed by atoms with Crippen LogP contribution in [0.2, 0.25) is 5.02 Å². The first-order valence-electron chi connectivity index (χ1n) is 2.62. The molecule has 1 aromatic carbocycles. The Morgan fingerprint density at radius 2 is 2.00 bits per heavy atom. The van der Waals surface area contributed by atoms with Crippen LogP contribution in [0.3, 0.4) is 0 Å². The molecule has 0 bridgehead atoms. The van der Waals surface area contributed by atoms with Gasteiger partial charge in [-0.2, -0.15) is 0 Å². The summed E-state index contributed by atoms with van der Waals surface area (Å²) in [5.41, 5.74) is 0. The molecule has 0 spiro atoms. The quantitative estimate of drug-likeness (QED) is 0.615. The van der Waals surface area contributed by atoms with E-state index in [-0.39, 0.29) is 0 Å². The fourth-order valence-electron chi connectivity index (χ4n) is 0.435. The summed E-state index contributed by atoms with van der Waals surface area (Å²) in [7, 11) is 0. The van der Waals surface area contributed by atoms with Crippen LogP contribution < -0.4 is 0 Å². The average molecular weight is 130 g/mol. The van der Waals surface area contributed by atoms with E-state index in [9.17, 15) is 0 Å². The minimum atomic E-state index is 0.499. The molecule has 0 fully saturated rings. The van der Waals surface area contributed by atoms with Gasteiger partial charge in [0.05, 0.1) is 0 Å². The fraction of sp³-hybridized carbons (Fsp3) is 0. The molecule has 1 N–H and O–H groups in total. The van der Waals surface area contributed by atoms with Gasteiger partial charge in [0.25, 0.3) is 1.43 Å². The van der Waals surface area contributed by atoms with Crippen molar-refractivity contribution < 1.29 is 5.11 Å². The van der Waals surface area contributed by atoms with Gasteiger partial charge in [-0.3, -0.25) is 0 Å². The molecule has 0 saturated carbocycles. The zero-order valence-electron chi connectivity index (χ0n) is 5.10. The van der Waals surface area contributed by atoms with Crippen molar-refractivity contribution in [2.24, 2.45) is 0 Å². The van der Waals surface area contributed by atoms with Crippen LogP contribution in [-0.4, -0.2) is 6.54 Å². The van der Waals surface area contributed by atoms with Crippen molar-refractivity contribution in [1.29, 1.82) is 1.43 Å². The van der Waals surface area contributed by atoms with Crippen LogP contribution in [0.25, 0.3) is 0 Å². The van der Waals surface area contributed by atoms with E-state index < -0.39 is 0 Å². The van der Waals surface area contributed by atoms with Crippen LogP contribution in [0.15, 0.2) is 24.3 Å². The lowest BCUT2D eigenvalue weighted by molar-refractivity contribution is 0.475. The minimum absolute atomic E-state index is 0.499. The predicted octanol–water partition coefficient (Wildman–Crippen LogP) is 2.05. The Hall–Kier alpha value is -0.690. The number of rotatable bonds is 1. The van der Waals surface area contributed by atoms with Crippen LogP contribution in [0.4, 0.5) is 0 Å². The Kier molecular flexibility index (Phi) is 1.08. The molecule has 1 rings (SSSR count). The average Bonchev–Trinajstić information content (AvgIpc) is 1.90. The third-order valence-corrected chi connectivity index (χ3v) is 1.07. The number of hydrogen-bond donors (Lipinski definition) is 1. The van der Waals surface area contributed by atoms with Gasteiger partial charge in [0, 0.05) is 5.02 Å². The lowest BCUT2D eigenvalue weighted by Crippen LogP contribution is -1.61. The smallest absolute Gasteiger partial charge is 0.293 e. The first-order valence-corrected chi connectivity index (χ1v) is 2.59. The fourth-order valence-corrected chi connectivity index (χ4v) is 0.561. The molecule has 0 atom stereocenters. The molecule has 1 aromatic rings. The molecular formula is C6H5ClO. The summed E-state index contributed by atoms with van der Waals surface area (Å²) < 4.78 is 6.47. The van der Waals surface area contributed by atoms with E-state index in [1.807, 2.05) is 0 Å². The van der Waals surface area contributed by atoms with Crippen LogP contribution in [0.1, 0.15) is 0 Å². The summed E-state index contributed by atoms with van der Waals surface area (Å²) >= 11 is 5.55. The largest absolute Gasteiger partial charge is 0.508 e. The predicted molar refractivity (Wildman–Crippen MR) is 33.1 cm³/mol. The molecule has 0 saturated heterocycles. The Bertz CT molecular complexity index is 185. The van der Waals surface area contributed by atoms with Crippen LogP contribution in [-0.2, 0) is 0 Å². The van der Waals surface area contributed by atoms with Crippen LogP contribution in [0, 0.1) is 0 Å². The van der Waals surface area contributed by atoms with Gasteiger partial charge in [0.15, 0.2) is 0 Å². The first kappa shape index (κ1) is 4.21. The van der Waals surface area contributed by atoms with Gasteiger partial charge >= 0.3 is 0 Å². The highest BCUT2D eigenvalue weighted by Crippen LogP contribution is 2.12. The van der Waals surface area contributed by atoms with E-state index >= 15 is 0 Å². The summed E-state index contributed by atoms with van der Waals surface area (Å²) in [6.45, 7) is 0. The highest BCUT2D eigenvalue weighted by molar-refractivity contribution is 6.30. The molecule has 8 heavy (non-hydrogen) atoms. The molecule has 0 aliphatic heterocycles. The summed E-state index contributed by atoms with van der Waals surface area (Å²) in [5.74, 6) is 0.499. The molecule has 0 radical (unpaired) electrons. The SMILES string of the molecule is [2H]Oc1ccc(Cl)cc1. The molecule has 0 aromatic heterocycles. The molecule has 1 nitrogen and oxygen atoms in total. The van der Waals surface area contributed by atoms with Gasteiger partial charge < -0.3 is 5.11 Å². The minimum Gasteiger partial charge on any atom is -0.508 e. The van der Waals surface area contributed by atoms with Gasteiger partial charge in [-0.1, -0.05) is 11.6 Å². The summed E-state index contributed by atoms with van der Waals surface area (Å²) in [6.07, 6.45) is 0. The maximum absolute atomic E-state index is 6.47. The topological polar surface area (TPSA) is 20.2 Å². The van der Waals surface area contributed by atoms with E-state index in [0.29, 0.717) is 10.8 Å². The lowest BCUT2D eigenvalue weighted by Gasteiger charge is -1.87. The van der Waals surface area contributed by atoms with Gasteiger partial charge in [0.1, 0.15) is 5.75 Å². The summed E-state index contributed by atoms with van der Waals surface area (Å²) in [6, 6.07) is 6.61. The zero-order chi connectivity index (χ0) is 6.69. The molecule has 0 aliphatic carbocycles. The van der Waals surface area contributed by atoms with Gasteiger partial charge in [0.2, 0.25) is 0 Å². The van der Waals surface area contributed by atoms with E-state index in [2.05, 4.69) is 5.11 Å². The van der Waals surface area contributed by atoms with Gasteiger partial charge in [-0.25, -0.2) is 0 Å². The van der Waals surface area contributed by atoms with Crippen molar-refractivity contribution in [3.8, 4) is 5.75 Å². The third-order valence-electron chi connectivity index (χ3n) is 0.814. The maximum atomic E-state index is 6.47. The Balaban J connectivity index is 2.88. The molecule has 0 unspecified atom stereocenters. The maximum Gasteiger partial charge on any atom is 0.293 e. The monoisotopic (exact) mass is 129 g/mol. The highest BCUT2D eigenvalue weighted by atomic mass is 35.5. The third kappa shape index (κ3) is 1.14. The van der Waals surface area contributed by atoms with E-state index in [1.165, 1.54) is 0 Å². The number of hydrogen-bond acceptors (Lipinski definition) is 1. The lowest BCUT2D eigenvalue weighted by atomic mass is 10.3. The van der Waals surface area contributed by atoms with Gasteiger partial charge in [-0.05, 0) is 24.3 Å². The van der Waals surface area contributed by atoms with Crippen molar-refractivity contribution >= 4 is 11.6 Å². The summed E-state index contributed by atoms with van der Waals surface area (Å²) in [5, 5.41) is 4.81. The number of benzene rings is 1. The van der Waals surface area contributed by atoms with Crippen LogP contribution >= 0.6 is 11.6 Å². The van der Waals surface area contributed by atoms with Crippen molar-refractivity contribution in [3.05, 3.63) is 29.3 Å². The number of phenols is 1. The van der Waals surface area contributed by atoms with Crippen molar-refractivity contribution in [3.63, 3.8) is 0 Å². The standard InChI is InChI=1S/C6H5ClO/c7-5-1-3-6(8)4-2-5/h1-4,8H/i/hD. The highest BCUT2D eigenvalue weighted by Gasteiger charge is 1.84. The first-order chi connectivity index (χ1) is 4.33. The van der Waals surface area contributed by atoms with Gasteiger partial charge in [-0.15, -0.1) is 0 Å². The second-order valence-electron chi connectivity index (χ2n) is 1.45. The van der Waals surface area contributed by atoms with Crippen molar-refractivity contribution in [1.82, 2.24) is 0 Å². The Morgan fingerprint density at radius 3 is 2.50 bits per heavy atom. The summed E-state index contributed by atoms with van der Waals surface area (Å²) in [4.78, 5) is 0. The van der Waals surface area contributed by atoms with E-state index in [1.54, 1.807) is 24.3 Å². The Labute approximate surface area is 54.0 Å². The second kappa shape index (κ2) is 2.05. The molecule has 0 aliphatic rings. The zero-order valence-corrected chi connectivity index (χ0v) is 4.85. The Morgan fingerprint density at radius 1 is 1.38 bits per heavy atom. The van der Waals surface area contributed by atoms with Crippen LogP contribution in [0.5, 0.6) is 5.75 Å². The van der Waals surface area contributed by atoms with Crippen molar-refractivity contribution in [2.45, 2.75) is 0 Å². The molecule has 0 heterocycles. The molecule has 0 amide bonds. The van der Waals surface area contributed by atoms with Crippen molar-refractivity contribution in [2.75, 3.05) is 0 Å². The number of aromatic hydroxyl groups is 1. The normalized spacial score (nSPS) is 10.4. The number of halogens is 1. The molecule has 2 heteroatoms. The second-order valence-corrected chi connectivity index (χ2v) is 1.89. The number of phenolic OH excluding ortho intramolecular Hbond substituents is 1. The molecule has 42 valence electrons. The molecular weight excluding hydrogens is 124 g/mol. The van der Waals surface area contributed by atoms with E-state index in [4.69, 9.17) is 13.0 Å².